The summed E-state index contributed by atoms with van der Waals surface area (Å²) in [7, 11) is 0. The summed E-state index contributed by atoms with van der Waals surface area (Å²) in [5.74, 6) is 0. The van der Waals surface area contributed by atoms with Gasteiger partial charge in [0.15, 0.2) is 0 Å². The van der Waals surface area contributed by atoms with Gasteiger partial charge in [-0.1, -0.05) is 6.42 Å². The van der Waals surface area contributed by atoms with Crippen LogP contribution in [0.15, 0.2) is 30.5 Å². The number of aromatic nitrogens is 1. The Bertz CT molecular complexity index is 695. The third-order valence-electron chi connectivity index (χ3n) is 3.72. The first-order chi connectivity index (χ1) is 9.93. The van der Waals surface area contributed by atoms with Crippen LogP contribution in [0.1, 0.15) is 33.1 Å². The number of benzene rings is 1. The fraction of sp³-hybridized carbons (Fsp3) is 0.438. The van der Waals surface area contributed by atoms with Crippen LogP contribution in [0.3, 0.4) is 0 Å². The summed E-state index contributed by atoms with van der Waals surface area (Å²) in [6.45, 7) is 4.77. The van der Waals surface area contributed by atoms with Gasteiger partial charge in [0, 0.05) is 35.8 Å². The summed E-state index contributed by atoms with van der Waals surface area (Å²) in [6.07, 6.45) is 4.83. The van der Waals surface area contributed by atoms with Gasteiger partial charge in [0.05, 0.1) is 16.4 Å². The van der Waals surface area contributed by atoms with Crippen LogP contribution in [0, 0.1) is 26.9 Å². The summed E-state index contributed by atoms with van der Waals surface area (Å²) in [6, 6.07) is 9.15. The average Bonchev–Trinajstić information content (AvgIpc) is 2.86. The van der Waals surface area contributed by atoms with E-state index in [0.717, 1.165) is 36.7 Å². The minimum Gasteiger partial charge on any atom is -0.347 e. The maximum absolute atomic E-state index is 10.8. The first-order valence-electron chi connectivity index (χ1n) is 7.07. The van der Waals surface area contributed by atoms with Gasteiger partial charge in [-0.15, -0.1) is 0 Å². The van der Waals surface area contributed by atoms with E-state index in [1.165, 1.54) is 6.07 Å². The van der Waals surface area contributed by atoms with Crippen molar-refractivity contribution < 1.29 is 4.92 Å². The maximum Gasteiger partial charge on any atom is 0.270 e. The van der Waals surface area contributed by atoms with E-state index in [-0.39, 0.29) is 16.0 Å². The van der Waals surface area contributed by atoms with Gasteiger partial charge in [-0.2, -0.15) is 5.26 Å². The number of unbranched alkanes of at least 4 members (excludes halogenated alkanes) is 1. The number of hydrogen-bond acceptors (Lipinski definition) is 3. The van der Waals surface area contributed by atoms with Crippen LogP contribution >= 0.6 is 0 Å². The Hall–Kier alpha value is -2.35. The maximum atomic E-state index is 10.8. The molecular formula is C16H19N3O2. The zero-order chi connectivity index (χ0) is 15.5. The van der Waals surface area contributed by atoms with Crippen molar-refractivity contribution in [1.82, 2.24) is 4.57 Å². The molecule has 110 valence electrons. The summed E-state index contributed by atoms with van der Waals surface area (Å²) in [4.78, 5) is 10.4. The van der Waals surface area contributed by atoms with Gasteiger partial charge in [-0.3, -0.25) is 10.1 Å². The highest BCUT2D eigenvalue weighted by molar-refractivity contribution is 5.82. The van der Waals surface area contributed by atoms with E-state index < -0.39 is 0 Å². The lowest BCUT2D eigenvalue weighted by molar-refractivity contribution is -0.384. The Labute approximate surface area is 123 Å². The zero-order valence-electron chi connectivity index (χ0n) is 12.4. The average molecular weight is 285 g/mol. The number of fused-ring (bicyclic) bond motifs is 1. The Morgan fingerprint density at radius 1 is 1.33 bits per heavy atom. The van der Waals surface area contributed by atoms with Crippen molar-refractivity contribution in [2.24, 2.45) is 5.41 Å². The van der Waals surface area contributed by atoms with Crippen LogP contribution in [-0.2, 0) is 6.54 Å². The number of nitro groups is 1. The monoisotopic (exact) mass is 285 g/mol. The molecule has 0 aliphatic heterocycles. The molecule has 5 heteroatoms. The normalized spacial score (nSPS) is 11.5. The lowest BCUT2D eigenvalue weighted by Gasteiger charge is -2.14. The van der Waals surface area contributed by atoms with Crippen LogP contribution < -0.4 is 0 Å². The Balaban J connectivity index is 2.00. The molecule has 0 saturated carbocycles. The molecule has 0 aliphatic rings. The Morgan fingerprint density at radius 2 is 2.10 bits per heavy atom. The van der Waals surface area contributed by atoms with Crippen molar-refractivity contribution >= 4 is 16.6 Å². The number of nitriles is 1. The van der Waals surface area contributed by atoms with Crippen LogP contribution in [0.4, 0.5) is 5.69 Å². The number of aryl methyl sites for hydroxylation is 1. The zero-order valence-corrected chi connectivity index (χ0v) is 12.4. The smallest absolute Gasteiger partial charge is 0.270 e. The first-order valence-corrected chi connectivity index (χ1v) is 7.07. The quantitative estimate of drug-likeness (QED) is 0.452. The van der Waals surface area contributed by atoms with Crippen molar-refractivity contribution in [2.75, 3.05) is 0 Å². The predicted octanol–water partition coefficient (Wildman–Crippen LogP) is 4.27. The van der Waals surface area contributed by atoms with Gasteiger partial charge in [-0.05, 0) is 38.8 Å². The van der Waals surface area contributed by atoms with E-state index >= 15 is 0 Å². The van der Waals surface area contributed by atoms with E-state index in [1.807, 2.05) is 26.1 Å². The molecule has 0 atom stereocenters. The van der Waals surface area contributed by atoms with E-state index in [0.29, 0.717) is 0 Å². The molecule has 1 heterocycles. The molecule has 0 saturated heterocycles. The molecule has 1 aromatic heterocycles. The molecule has 0 radical (unpaired) electrons. The van der Waals surface area contributed by atoms with Crippen molar-refractivity contribution in [2.45, 2.75) is 39.7 Å². The summed E-state index contributed by atoms with van der Waals surface area (Å²) >= 11 is 0. The fourth-order valence-electron chi connectivity index (χ4n) is 2.40. The van der Waals surface area contributed by atoms with Crippen molar-refractivity contribution in [1.29, 1.82) is 5.26 Å². The third kappa shape index (κ3) is 3.60. The standard InChI is InChI=1S/C16H19N3O2/c1-16(2,12-17)8-3-4-9-18-10-7-13-11-14(19(20)21)5-6-15(13)18/h5-7,10-11H,3-4,8-9H2,1-2H3. The van der Waals surface area contributed by atoms with E-state index in [1.54, 1.807) is 12.1 Å². The lowest BCUT2D eigenvalue weighted by atomic mass is 9.89. The molecule has 0 N–H and O–H groups in total. The molecular weight excluding hydrogens is 266 g/mol. The van der Waals surface area contributed by atoms with Gasteiger partial charge in [-0.25, -0.2) is 0 Å². The predicted molar refractivity (Wildman–Crippen MR) is 81.8 cm³/mol. The molecule has 0 unspecified atom stereocenters. The summed E-state index contributed by atoms with van der Waals surface area (Å²) in [5, 5.41) is 20.6. The Kier molecular flexibility index (Phi) is 4.27. The number of rotatable bonds is 6. The minimum atomic E-state index is -0.374. The van der Waals surface area contributed by atoms with Crippen LogP contribution in [-0.4, -0.2) is 9.49 Å². The molecule has 0 aliphatic carbocycles. The second-order valence-corrected chi connectivity index (χ2v) is 5.96. The van der Waals surface area contributed by atoms with E-state index in [4.69, 9.17) is 5.26 Å². The topological polar surface area (TPSA) is 71.9 Å². The fourth-order valence-corrected chi connectivity index (χ4v) is 2.40. The molecule has 1 aromatic carbocycles. The third-order valence-corrected chi connectivity index (χ3v) is 3.72. The van der Waals surface area contributed by atoms with Gasteiger partial charge >= 0.3 is 0 Å². The summed E-state index contributed by atoms with van der Waals surface area (Å²) in [5.41, 5.74) is 0.871. The Morgan fingerprint density at radius 3 is 2.76 bits per heavy atom. The molecule has 0 bridgehead atoms. The van der Waals surface area contributed by atoms with Gasteiger partial charge in [0.2, 0.25) is 0 Å². The molecule has 0 fully saturated rings. The number of nitro benzene ring substituents is 1. The van der Waals surface area contributed by atoms with Gasteiger partial charge < -0.3 is 4.57 Å². The molecule has 2 aromatic rings. The van der Waals surface area contributed by atoms with Crippen molar-refractivity contribution in [3.8, 4) is 6.07 Å². The summed E-state index contributed by atoms with van der Waals surface area (Å²) < 4.78 is 2.11. The largest absolute Gasteiger partial charge is 0.347 e. The molecule has 0 amide bonds. The second-order valence-electron chi connectivity index (χ2n) is 5.96. The second kappa shape index (κ2) is 5.96. The van der Waals surface area contributed by atoms with Crippen molar-refractivity contribution in [3.63, 3.8) is 0 Å². The SMILES string of the molecule is CC(C)(C#N)CCCCn1ccc2cc([N+](=O)[O-])ccc21. The van der Waals surface area contributed by atoms with Crippen molar-refractivity contribution in [3.05, 3.63) is 40.6 Å². The molecule has 0 spiro atoms. The van der Waals surface area contributed by atoms with E-state index in [2.05, 4.69) is 10.6 Å². The van der Waals surface area contributed by atoms with Gasteiger partial charge in [0.25, 0.3) is 5.69 Å². The first kappa shape index (κ1) is 15.0. The number of hydrogen-bond donors (Lipinski definition) is 0. The van der Waals surface area contributed by atoms with Gasteiger partial charge in [0.1, 0.15) is 0 Å². The number of nitrogens with zero attached hydrogens (tertiary/aromatic N) is 3. The van der Waals surface area contributed by atoms with E-state index in [9.17, 15) is 10.1 Å². The lowest BCUT2D eigenvalue weighted by Crippen LogP contribution is -2.08. The highest BCUT2D eigenvalue weighted by Crippen LogP contribution is 2.24. The number of non-ortho nitro benzene ring substituents is 1. The minimum absolute atomic E-state index is 0.121. The molecule has 21 heavy (non-hydrogen) atoms. The molecule has 5 nitrogen and oxygen atoms in total. The van der Waals surface area contributed by atoms with Crippen LogP contribution in [0.5, 0.6) is 0 Å². The highest BCUT2D eigenvalue weighted by Gasteiger charge is 2.15. The highest BCUT2D eigenvalue weighted by atomic mass is 16.6. The van der Waals surface area contributed by atoms with Crippen LogP contribution in [0.25, 0.3) is 10.9 Å². The van der Waals surface area contributed by atoms with Crippen LogP contribution in [0.2, 0.25) is 0 Å². The molecule has 2 rings (SSSR count).